The molecule has 2 rings (SSSR count). The van der Waals surface area contributed by atoms with Gasteiger partial charge in [-0.2, -0.15) is 8.78 Å². The average Bonchev–Trinajstić information content (AvgIpc) is 2.73. The van der Waals surface area contributed by atoms with Gasteiger partial charge < -0.3 is 14.8 Å². The quantitative estimate of drug-likeness (QED) is 0.860. The van der Waals surface area contributed by atoms with Crippen molar-refractivity contribution in [2.45, 2.75) is 19.1 Å². The van der Waals surface area contributed by atoms with E-state index in [4.69, 9.17) is 4.74 Å². The van der Waals surface area contributed by atoms with E-state index in [1.807, 2.05) is 0 Å². The maximum atomic E-state index is 11.9. The third kappa shape index (κ3) is 3.06. The lowest BCUT2D eigenvalue weighted by Crippen LogP contribution is -2.18. The van der Waals surface area contributed by atoms with E-state index < -0.39 is 6.61 Å². The van der Waals surface area contributed by atoms with Crippen molar-refractivity contribution in [3.05, 3.63) is 24.3 Å². The molecule has 0 radical (unpaired) electrons. The second-order valence-electron chi connectivity index (χ2n) is 3.61. The smallest absolute Gasteiger partial charge is 0.387 e. The van der Waals surface area contributed by atoms with E-state index >= 15 is 0 Å². The Morgan fingerprint density at radius 2 is 2.06 bits per heavy atom. The van der Waals surface area contributed by atoms with Crippen molar-refractivity contribution in [2.75, 3.05) is 18.5 Å². The lowest BCUT2D eigenvalue weighted by atomic mass is 10.2. The van der Waals surface area contributed by atoms with Crippen LogP contribution < -0.4 is 10.1 Å². The summed E-state index contributed by atoms with van der Waals surface area (Å²) in [6, 6.07) is 6.78. The molecule has 1 N–H and O–H groups in total. The maximum Gasteiger partial charge on any atom is 0.387 e. The van der Waals surface area contributed by atoms with Gasteiger partial charge in [-0.05, 0) is 30.7 Å². The number of alkyl halides is 2. The van der Waals surface area contributed by atoms with E-state index in [0.717, 1.165) is 18.7 Å². The first-order valence-electron chi connectivity index (χ1n) is 5.13. The Morgan fingerprint density at radius 3 is 2.62 bits per heavy atom. The zero-order valence-electron chi connectivity index (χ0n) is 8.66. The zero-order chi connectivity index (χ0) is 11.4. The number of benzene rings is 1. The summed E-state index contributed by atoms with van der Waals surface area (Å²) in [4.78, 5) is 0. The summed E-state index contributed by atoms with van der Waals surface area (Å²) in [5.74, 6) is 0.170. The molecule has 5 heteroatoms. The number of anilines is 1. The Bertz CT molecular complexity index is 323. The molecule has 0 saturated carbocycles. The molecule has 0 spiro atoms. The van der Waals surface area contributed by atoms with Gasteiger partial charge in [0, 0.05) is 12.3 Å². The summed E-state index contributed by atoms with van der Waals surface area (Å²) in [6.07, 6.45) is 0.968. The fourth-order valence-corrected chi connectivity index (χ4v) is 1.62. The van der Waals surface area contributed by atoms with Crippen LogP contribution in [0.1, 0.15) is 6.42 Å². The summed E-state index contributed by atoms with van der Waals surface area (Å²) in [6.45, 7) is -1.32. The molecule has 3 nitrogen and oxygen atoms in total. The van der Waals surface area contributed by atoms with Crippen molar-refractivity contribution in [1.82, 2.24) is 0 Å². The third-order valence-corrected chi connectivity index (χ3v) is 2.38. The lowest BCUT2D eigenvalue weighted by Gasteiger charge is -2.12. The molecule has 1 unspecified atom stereocenters. The number of ether oxygens (including phenoxy) is 2. The minimum atomic E-state index is -2.78. The third-order valence-electron chi connectivity index (χ3n) is 2.38. The van der Waals surface area contributed by atoms with Crippen LogP contribution in [-0.2, 0) is 4.74 Å². The van der Waals surface area contributed by atoms with Crippen LogP contribution in [0.25, 0.3) is 0 Å². The molecule has 0 bridgehead atoms. The summed E-state index contributed by atoms with van der Waals surface area (Å²) < 4.78 is 33.3. The first kappa shape index (κ1) is 11.1. The van der Waals surface area contributed by atoms with Crippen molar-refractivity contribution in [1.29, 1.82) is 0 Å². The van der Waals surface area contributed by atoms with Crippen LogP contribution in [0.4, 0.5) is 14.5 Å². The predicted molar refractivity (Wildman–Crippen MR) is 55.9 cm³/mol. The number of hydrogen-bond donors (Lipinski definition) is 1. The van der Waals surface area contributed by atoms with Gasteiger partial charge in [0.05, 0.1) is 12.6 Å². The number of rotatable bonds is 4. The molecule has 88 valence electrons. The molecule has 1 aliphatic rings. The largest absolute Gasteiger partial charge is 0.435 e. The monoisotopic (exact) mass is 229 g/mol. The van der Waals surface area contributed by atoms with E-state index in [0.29, 0.717) is 12.6 Å². The van der Waals surface area contributed by atoms with E-state index in [-0.39, 0.29) is 5.75 Å². The SMILES string of the molecule is FC(F)Oc1ccc(NC2CCOC2)cc1. The van der Waals surface area contributed by atoms with Gasteiger partial charge in [-0.15, -0.1) is 0 Å². The number of nitrogens with one attached hydrogen (secondary N) is 1. The van der Waals surface area contributed by atoms with Crippen LogP contribution in [-0.4, -0.2) is 25.9 Å². The Morgan fingerprint density at radius 1 is 1.31 bits per heavy atom. The summed E-state index contributed by atoms with van der Waals surface area (Å²) in [5, 5.41) is 3.25. The van der Waals surface area contributed by atoms with Crippen LogP contribution in [0, 0.1) is 0 Å². The molecule has 1 aliphatic heterocycles. The van der Waals surface area contributed by atoms with Gasteiger partial charge in [0.1, 0.15) is 5.75 Å². The molecule has 0 aromatic heterocycles. The van der Waals surface area contributed by atoms with Crippen LogP contribution in [0.3, 0.4) is 0 Å². The molecule has 1 fully saturated rings. The Hall–Kier alpha value is -1.36. The van der Waals surface area contributed by atoms with Crippen molar-refractivity contribution in [3.8, 4) is 5.75 Å². The molecule has 16 heavy (non-hydrogen) atoms. The van der Waals surface area contributed by atoms with Crippen molar-refractivity contribution in [3.63, 3.8) is 0 Å². The average molecular weight is 229 g/mol. The van der Waals surface area contributed by atoms with E-state index in [1.165, 1.54) is 12.1 Å². The highest BCUT2D eigenvalue weighted by molar-refractivity contribution is 5.47. The second-order valence-corrected chi connectivity index (χ2v) is 3.61. The topological polar surface area (TPSA) is 30.5 Å². The molecular formula is C11H13F2NO2. The molecule has 1 atom stereocenters. The number of hydrogen-bond acceptors (Lipinski definition) is 3. The van der Waals surface area contributed by atoms with E-state index in [2.05, 4.69) is 10.1 Å². The van der Waals surface area contributed by atoms with Crippen LogP contribution in [0.2, 0.25) is 0 Å². The summed E-state index contributed by atoms with van der Waals surface area (Å²) in [7, 11) is 0. The molecule has 1 aromatic rings. The molecule has 0 aliphatic carbocycles. The first-order chi connectivity index (χ1) is 7.74. The standard InChI is InChI=1S/C11H13F2NO2/c12-11(13)16-10-3-1-8(2-4-10)14-9-5-6-15-7-9/h1-4,9,11,14H,5-7H2. The maximum absolute atomic E-state index is 11.9. The highest BCUT2D eigenvalue weighted by Crippen LogP contribution is 2.19. The van der Waals surface area contributed by atoms with Gasteiger partial charge in [-0.3, -0.25) is 0 Å². The highest BCUT2D eigenvalue weighted by atomic mass is 19.3. The van der Waals surface area contributed by atoms with E-state index in [1.54, 1.807) is 12.1 Å². The zero-order valence-corrected chi connectivity index (χ0v) is 8.66. The minimum absolute atomic E-state index is 0.170. The first-order valence-corrected chi connectivity index (χ1v) is 5.13. The molecule has 1 heterocycles. The second kappa shape index (κ2) is 5.12. The van der Waals surface area contributed by atoms with Crippen molar-refractivity contribution >= 4 is 5.69 Å². The molecule has 0 amide bonds. The Labute approximate surface area is 92.4 Å². The lowest BCUT2D eigenvalue weighted by molar-refractivity contribution is -0.0498. The highest BCUT2D eigenvalue weighted by Gasteiger charge is 2.14. The summed E-state index contributed by atoms with van der Waals surface area (Å²) in [5.41, 5.74) is 0.886. The van der Waals surface area contributed by atoms with E-state index in [9.17, 15) is 8.78 Å². The fourth-order valence-electron chi connectivity index (χ4n) is 1.62. The van der Waals surface area contributed by atoms with Crippen molar-refractivity contribution in [2.24, 2.45) is 0 Å². The van der Waals surface area contributed by atoms with Gasteiger partial charge in [-0.1, -0.05) is 0 Å². The molecular weight excluding hydrogens is 216 g/mol. The van der Waals surface area contributed by atoms with Crippen molar-refractivity contribution < 1.29 is 18.3 Å². The van der Waals surface area contributed by atoms with Crippen LogP contribution >= 0.6 is 0 Å². The van der Waals surface area contributed by atoms with Crippen LogP contribution in [0.5, 0.6) is 5.75 Å². The minimum Gasteiger partial charge on any atom is -0.435 e. The fraction of sp³-hybridized carbons (Fsp3) is 0.455. The molecule has 1 aromatic carbocycles. The number of halogens is 2. The predicted octanol–water partition coefficient (Wildman–Crippen LogP) is 2.49. The molecule has 1 saturated heterocycles. The van der Waals surface area contributed by atoms with Crippen LogP contribution in [0.15, 0.2) is 24.3 Å². The van der Waals surface area contributed by atoms with Gasteiger partial charge >= 0.3 is 6.61 Å². The van der Waals surface area contributed by atoms with Gasteiger partial charge in [0.2, 0.25) is 0 Å². The normalized spacial score (nSPS) is 20.1. The Balaban J connectivity index is 1.90. The van der Waals surface area contributed by atoms with Gasteiger partial charge in [0.25, 0.3) is 0 Å². The van der Waals surface area contributed by atoms with Gasteiger partial charge in [-0.25, -0.2) is 0 Å². The van der Waals surface area contributed by atoms with Gasteiger partial charge in [0.15, 0.2) is 0 Å². The summed E-state index contributed by atoms with van der Waals surface area (Å²) >= 11 is 0. The Kier molecular flexibility index (Phi) is 3.56.